The molecule has 200 valence electrons. The van der Waals surface area contributed by atoms with E-state index < -0.39 is 0 Å². The molecule has 12 rings (SSSR count). The lowest BCUT2D eigenvalue weighted by atomic mass is 9.94. The largest absolute Gasteiger partial charge is 0.309 e. The van der Waals surface area contributed by atoms with E-state index in [0.717, 1.165) is 25.7 Å². The van der Waals surface area contributed by atoms with E-state index in [2.05, 4.69) is 143 Å². The van der Waals surface area contributed by atoms with Crippen LogP contribution in [0, 0.1) is 0 Å². The van der Waals surface area contributed by atoms with Crippen LogP contribution in [0.1, 0.15) is 22.3 Å². The van der Waals surface area contributed by atoms with E-state index in [1.165, 1.54) is 77.2 Å². The van der Waals surface area contributed by atoms with Gasteiger partial charge in [0.15, 0.2) is 0 Å². The van der Waals surface area contributed by atoms with Crippen molar-refractivity contribution in [1.29, 1.82) is 0 Å². The van der Waals surface area contributed by atoms with Gasteiger partial charge in [-0.1, -0.05) is 97.1 Å². The second kappa shape index (κ2) is 9.22. The summed E-state index contributed by atoms with van der Waals surface area (Å²) in [4.78, 5) is 0. The average molecular weight is 539 g/mol. The Morgan fingerprint density at radius 2 is 0.667 bits per heavy atom. The van der Waals surface area contributed by atoms with E-state index in [1.54, 1.807) is 0 Å². The van der Waals surface area contributed by atoms with Gasteiger partial charge in [-0.15, -0.1) is 0 Å². The first-order chi connectivity index (χ1) is 20.8. The Morgan fingerprint density at radius 3 is 1.02 bits per heavy atom. The maximum Gasteiger partial charge on any atom is 0.0541 e. The Morgan fingerprint density at radius 1 is 0.333 bits per heavy atom. The standard InChI is InChI=1S/C40H30N2/c1-5-13-35-31(9-1)32-10-2-6-14-36(32)41(35)39-25-27-17-21-29(39)23-19-28-18-22-30(24-20-27)40(26-28)42-37-15-7-3-11-33(37)34-12-4-8-16-38(34)42/h1-18,21-22,25-26H,19-20,23-24H2. The number of hydrogen-bond donors (Lipinski definition) is 0. The molecule has 0 unspecified atom stereocenters. The Hall–Kier alpha value is -5.08. The van der Waals surface area contributed by atoms with Crippen LogP contribution in [0.3, 0.4) is 0 Å². The Bertz CT molecular complexity index is 2040. The molecule has 4 aliphatic rings. The first-order valence-corrected chi connectivity index (χ1v) is 15.0. The van der Waals surface area contributed by atoms with Crippen LogP contribution in [-0.2, 0) is 25.7 Å². The topological polar surface area (TPSA) is 9.86 Å². The molecule has 4 bridgehead atoms. The van der Waals surface area contributed by atoms with Gasteiger partial charge in [-0.25, -0.2) is 0 Å². The summed E-state index contributed by atoms with van der Waals surface area (Å²) in [5, 5.41) is 5.26. The summed E-state index contributed by atoms with van der Waals surface area (Å²) in [5.74, 6) is 0. The molecular formula is C40H30N2. The summed E-state index contributed by atoms with van der Waals surface area (Å²) >= 11 is 0. The number of para-hydroxylation sites is 4. The minimum absolute atomic E-state index is 0.988. The third-order valence-corrected chi connectivity index (χ3v) is 9.31. The number of fused-ring (bicyclic) bond motifs is 6. The van der Waals surface area contributed by atoms with Gasteiger partial charge in [0.1, 0.15) is 0 Å². The first kappa shape index (κ1) is 23.6. The predicted molar refractivity (Wildman–Crippen MR) is 176 cm³/mol. The highest BCUT2D eigenvalue weighted by Gasteiger charge is 2.18. The van der Waals surface area contributed by atoms with Gasteiger partial charge in [-0.2, -0.15) is 0 Å². The predicted octanol–water partition coefficient (Wildman–Crippen LogP) is 9.76. The van der Waals surface area contributed by atoms with Crippen molar-refractivity contribution < 1.29 is 0 Å². The van der Waals surface area contributed by atoms with Gasteiger partial charge in [0, 0.05) is 32.9 Å². The molecule has 2 aromatic heterocycles. The van der Waals surface area contributed by atoms with Crippen LogP contribution in [0.4, 0.5) is 0 Å². The van der Waals surface area contributed by atoms with Crippen LogP contribution in [-0.4, -0.2) is 9.13 Å². The van der Waals surface area contributed by atoms with E-state index in [0.29, 0.717) is 0 Å². The van der Waals surface area contributed by atoms with Crippen molar-refractivity contribution >= 4 is 43.6 Å². The number of hydrogen-bond acceptors (Lipinski definition) is 0. The molecule has 42 heavy (non-hydrogen) atoms. The number of nitrogens with zero attached hydrogens (tertiary/aromatic N) is 2. The molecule has 0 aliphatic heterocycles. The molecule has 4 aliphatic carbocycles. The lowest BCUT2D eigenvalue weighted by molar-refractivity contribution is 0.897. The molecule has 2 heteroatoms. The molecule has 0 fully saturated rings. The van der Waals surface area contributed by atoms with Gasteiger partial charge in [-0.3, -0.25) is 0 Å². The third-order valence-electron chi connectivity index (χ3n) is 9.31. The zero-order valence-corrected chi connectivity index (χ0v) is 23.4. The second-order valence-corrected chi connectivity index (χ2v) is 11.7. The number of benzene rings is 6. The summed E-state index contributed by atoms with van der Waals surface area (Å²) in [5.41, 5.74) is 13.3. The normalized spacial score (nSPS) is 13.3. The molecule has 0 N–H and O–H groups in total. The summed E-state index contributed by atoms with van der Waals surface area (Å²) in [6.07, 6.45) is 3.96. The third kappa shape index (κ3) is 3.51. The van der Waals surface area contributed by atoms with Crippen molar-refractivity contribution in [3.8, 4) is 11.4 Å². The van der Waals surface area contributed by atoms with E-state index in [4.69, 9.17) is 0 Å². The zero-order valence-electron chi connectivity index (χ0n) is 23.4. The Balaban J connectivity index is 1.21. The number of rotatable bonds is 2. The van der Waals surface area contributed by atoms with Crippen LogP contribution in [0.2, 0.25) is 0 Å². The highest BCUT2D eigenvalue weighted by Crippen LogP contribution is 2.36. The highest BCUT2D eigenvalue weighted by atomic mass is 15.0. The van der Waals surface area contributed by atoms with E-state index in [1.807, 2.05) is 0 Å². The molecule has 6 aromatic carbocycles. The lowest BCUT2D eigenvalue weighted by Crippen LogP contribution is -2.07. The molecule has 0 radical (unpaired) electrons. The fraction of sp³-hybridized carbons (Fsp3) is 0.100. The van der Waals surface area contributed by atoms with Crippen molar-refractivity contribution in [2.24, 2.45) is 0 Å². The number of aromatic nitrogens is 2. The zero-order chi connectivity index (χ0) is 27.6. The maximum absolute atomic E-state index is 2.50. The molecule has 2 heterocycles. The minimum atomic E-state index is 0.988. The first-order valence-electron chi connectivity index (χ1n) is 15.0. The highest BCUT2D eigenvalue weighted by molar-refractivity contribution is 6.10. The molecule has 0 saturated heterocycles. The van der Waals surface area contributed by atoms with Crippen molar-refractivity contribution in [2.45, 2.75) is 25.7 Å². The van der Waals surface area contributed by atoms with Crippen molar-refractivity contribution in [2.75, 3.05) is 0 Å². The van der Waals surface area contributed by atoms with Gasteiger partial charge < -0.3 is 9.13 Å². The SMILES string of the molecule is c1ccc2c(c1)c1ccccc1n2-c1cc2ccc1CCc1ccc(c(-n3c4ccccc4c4ccccc43)c1)CC2. The van der Waals surface area contributed by atoms with Gasteiger partial charge in [0.2, 0.25) is 0 Å². The van der Waals surface area contributed by atoms with Gasteiger partial charge >= 0.3 is 0 Å². The summed E-state index contributed by atoms with van der Waals surface area (Å²) in [6, 6.07) is 49.8. The van der Waals surface area contributed by atoms with E-state index in [9.17, 15) is 0 Å². The molecule has 0 spiro atoms. The van der Waals surface area contributed by atoms with E-state index >= 15 is 0 Å². The molecule has 0 amide bonds. The molecule has 2 nitrogen and oxygen atoms in total. The number of aryl methyl sites for hydroxylation is 4. The minimum Gasteiger partial charge on any atom is -0.309 e. The van der Waals surface area contributed by atoms with Crippen molar-refractivity contribution in [3.05, 3.63) is 156 Å². The summed E-state index contributed by atoms with van der Waals surface area (Å²) in [7, 11) is 0. The fourth-order valence-electron chi connectivity index (χ4n) is 7.29. The summed E-state index contributed by atoms with van der Waals surface area (Å²) in [6.45, 7) is 0. The monoisotopic (exact) mass is 538 g/mol. The molecule has 8 aromatic rings. The van der Waals surface area contributed by atoms with Crippen LogP contribution < -0.4 is 0 Å². The maximum atomic E-state index is 2.50. The molecule has 0 saturated carbocycles. The molecule has 0 atom stereocenters. The Labute approximate surface area is 245 Å². The summed E-state index contributed by atoms with van der Waals surface area (Å²) < 4.78 is 5.00. The fourth-order valence-corrected chi connectivity index (χ4v) is 7.29. The Kier molecular flexibility index (Phi) is 5.18. The van der Waals surface area contributed by atoms with E-state index in [-0.39, 0.29) is 0 Å². The smallest absolute Gasteiger partial charge is 0.0541 e. The van der Waals surface area contributed by atoms with Crippen molar-refractivity contribution in [3.63, 3.8) is 0 Å². The van der Waals surface area contributed by atoms with Crippen molar-refractivity contribution in [1.82, 2.24) is 9.13 Å². The van der Waals surface area contributed by atoms with Gasteiger partial charge in [-0.05, 0) is 84.3 Å². The van der Waals surface area contributed by atoms with Crippen LogP contribution in [0.15, 0.2) is 133 Å². The van der Waals surface area contributed by atoms with Crippen LogP contribution in [0.5, 0.6) is 0 Å². The molecular weight excluding hydrogens is 508 g/mol. The van der Waals surface area contributed by atoms with Gasteiger partial charge in [0.05, 0.1) is 22.1 Å². The van der Waals surface area contributed by atoms with Crippen LogP contribution >= 0.6 is 0 Å². The quantitative estimate of drug-likeness (QED) is 0.207. The average Bonchev–Trinajstić information content (AvgIpc) is 3.55. The lowest BCUT2D eigenvalue weighted by Gasteiger charge is -2.19. The second-order valence-electron chi connectivity index (χ2n) is 11.7. The van der Waals surface area contributed by atoms with Gasteiger partial charge in [0.25, 0.3) is 0 Å². The van der Waals surface area contributed by atoms with Crippen LogP contribution in [0.25, 0.3) is 55.0 Å².